The van der Waals surface area contributed by atoms with Gasteiger partial charge in [0.1, 0.15) is 11.2 Å². The molecule has 0 spiro atoms. The van der Waals surface area contributed by atoms with E-state index in [2.05, 4.69) is 5.10 Å². The summed E-state index contributed by atoms with van der Waals surface area (Å²) in [6.45, 7) is 9.34. The maximum absolute atomic E-state index is 12.2. The summed E-state index contributed by atoms with van der Waals surface area (Å²) >= 11 is 0. The van der Waals surface area contributed by atoms with Gasteiger partial charge in [0.15, 0.2) is 0 Å². The lowest BCUT2D eigenvalue weighted by Gasteiger charge is -2.33. The number of piperidine rings is 1. The number of ether oxygens (including phenoxy) is 2. The van der Waals surface area contributed by atoms with Crippen LogP contribution in [0.1, 0.15) is 57.3 Å². The molecule has 26 heavy (non-hydrogen) atoms. The Morgan fingerprint density at radius 2 is 1.92 bits per heavy atom. The molecule has 2 heterocycles. The topological polar surface area (TPSA) is 93.6 Å². The molecular weight excluding hydrogens is 338 g/mol. The molecule has 1 saturated heterocycles. The summed E-state index contributed by atoms with van der Waals surface area (Å²) in [6.07, 6.45) is 3.69. The molecule has 1 fully saturated rings. The van der Waals surface area contributed by atoms with Crippen molar-refractivity contribution in [2.24, 2.45) is 5.92 Å². The lowest BCUT2D eigenvalue weighted by Crippen LogP contribution is -2.41. The highest BCUT2D eigenvalue weighted by molar-refractivity contribution is 5.88. The van der Waals surface area contributed by atoms with Crippen molar-refractivity contribution in [1.82, 2.24) is 14.7 Å². The zero-order chi connectivity index (χ0) is 19.3. The number of carbonyl (C=O) groups is 2. The van der Waals surface area contributed by atoms with Gasteiger partial charge in [-0.25, -0.2) is 9.59 Å². The van der Waals surface area contributed by atoms with Crippen LogP contribution >= 0.6 is 0 Å². The minimum atomic E-state index is -0.599. The first kappa shape index (κ1) is 20.1. The summed E-state index contributed by atoms with van der Waals surface area (Å²) < 4.78 is 11.7. The highest BCUT2D eigenvalue weighted by Crippen LogP contribution is 2.22. The number of carbonyl (C=O) groups excluding carboxylic acids is 2. The molecule has 1 aromatic rings. The predicted octanol–water partition coefficient (Wildman–Crippen LogP) is 2.39. The van der Waals surface area contributed by atoms with E-state index >= 15 is 0 Å². The van der Waals surface area contributed by atoms with Crippen LogP contribution in [0.5, 0.6) is 0 Å². The van der Waals surface area contributed by atoms with Gasteiger partial charge >= 0.3 is 12.1 Å². The van der Waals surface area contributed by atoms with Gasteiger partial charge in [0.25, 0.3) is 5.56 Å². The van der Waals surface area contributed by atoms with Crippen LogP contribution in [-0.2, 0) is 16.0 Å². The predicted molar refractivity (Wildman–Crippen MR) is 96.2 cm³/mol. The third kappa shape index (κ3) is 5.37. The zero-order valence-electron chi connectivity index (χ0n) is 16.0. The van der Waals surface area contributed by atoms with Gasteiger partial charge in [-0.3, -0.25) is 9.48 Å². The number of likely N-dealkylation sites (tertiary alicyclic amines) is 1. The van der Waals surface area contributed by atoms with Crippen molar-refractivity contribution in [1.29, 1.82) is 0 Å². The van der Waals surface area contributed by atoms with Crippen LogP contribution in [0.3, 0.4) is 0 Å². The van der Waals surface area contributed by atoms with E-state index in [1.165, 1.54) is 10.9 Å². The van der Waals surface area contributed by atoms with Crippen molar-refractivity contribution >= 4 is 12.1 Å². The molecule has 0 bridgehead atoms. The second-order valence-corrected chi connectivity index (χ2v) is 7.56. The Morgan fingerprint density at radius 3 is 2.50 bits per heavy atom. The van der Waals surface area contributed by atoms with Crippen molar-refractivity contribution < 1.29 is 19.1 Å². The molecule has 0 radical (unpaired) electrons. The number of nitrogens with zero attached hydrogens (tertiary/aromatic N) is 2. The quantitative estimate of drug-likeness (QED) is 0.807. The van der Waals surface area contributed by atoms with Crippen LogP contribution in [0, 0.1) is 5.92 Å². The van der Waals surface area contributed by atoms with Gasteiger partial charge in [-0.1, -0.05) is 0 Å². The maximum Gasteiger partial charge on any atom is 0.410 e. The number of hydrogen-bond donors (Lipinski definition) is 1. The van der Waals surface area contributed by atoms with E-state index in [9.17, 15) is 14.4 Å². The largest absolute Gasteiger partial charge is 0.462 e. The fourth-order valence-electron chi connectivity index (χ4n) is 2.97. The van der Waals surface area contributed by atoms with Crippen LogP contribution in [0.2, 0.25) is 0 Å². The van der Waals surface area contributed by atoms with Crippen LogP contribution in [0.15, 0.2) is 11.0 Å². The Bertz CT molecular complexity index is 678. The number of aromatic nitrogens is 2. The third-order valence-corrected chi connectivity index (χ3v) is 4.36. The van der Waals surface area contributed by atoms with Gasteiger partial charge < -0.3 is 19.5 Å². The number of nitrogens with one attached hydrogen (secondary N) is 1. The molecule has 1 aliphatic heterocycles. The Kier molecular flexibility index (Phi) is 6.50. The van der Waals surface area contributed by atoms with Crippen LogP contribution < -0.4 is 5.56 Å². The summed E-state index contributed by atoms with van der Waals surface area (Å²) in [5.41, 5.74) is -0.805. The highest BCUT2D eigenvalue weighted by atomic mass is 16.6. The van der Waals surface area contributed by atoms with Gasteiger partial charge in [-0.05, 0) is 52.9 Å². The summed E-state index contributed by atoms with van der Waals surface area (Å²) in [6, 6.07) is 0. The molecule has 1 aliphatic rings. The molecule has 0 aliphatic carbocycles. The molecule has 8 heteroatoms. The first-order valence-corrected chi connectivity index (χ1v) is 9.14. The second-order valence-electron chi connectivity index (χ2n) is 7.56. The average Bonchev–Trinajstić information content (AvgIpc) is 2.93. The zero-order valence-corrected chi connectivity index (χ0v) is 16.0. The first-order valence-electron chi connectivity index (χ1n) is 9.14. The van der Waals surface area contributed by atoms with E-state index < -0.39 is 11.6 Å². The Hall–Kier alpha value is -2.25. The van der Waals surface area contributed by atoms with E-state index in [1.54, 1.807) is 11.8 Å². The van der Waals surface area contributed by atoms with Crippen LogP contribution in [0.4, 0.5) is 4.79 Å². The molecule has 8 nitrogen and oxygen atoms in total. The van der Waals surface area contributed by atoms with E-state index in [0.29, 0.717) is 25.6 Å². The van der Waals surface area contributed by atoms with Crippen LogP contribution in [-0.4, -0.2) is 52.0 Å². The van der Waals surface area contributed by atoms with Crippen molar-refractivity contribution in [2.45, 2.75) is 59.1 Å². The maximum atomic E-state index is 12.2. The highest BCUT2D eigenvalue weighted by Gasteiger charge is 2.27. The van der Waals surface area contributed by atoms with E-state index in [1.807, 2.05) is 20.8 Å². The first-order chi connectivity index (χ1) is 12.2. The molecule has 0 aromatic carbocycles. The average molecular weight is 367 g/mol. The number of esters is 1. The number of H-pyrrole nitrogens is 1. The van der Waals surface area contributed by atoms with Gasteiger partial charge in [-0.2, -0.15) is 0 Å². The molecule has 1 aromatic heterocycles. The monoisotopic (exact) mass is 367 g/mol. The summed E-state index contributed by atoms with van der Waals surface area (Å²) in [5, 5.41) is 2.82. The van der Waals surface area contributed by atoms with Crippen molar-refractivity contribution in [2.75, 3.05) is 19.7 Å². The van der Waals surface area contributed by atoms with E-state index in [-0.39, 0.29) is 23.8 Å². The standard InChI is InChI=1S/C18H29N3O5/c1-5-25-16(23)14-12-19-21(15(14)22)11-8-13-6-9-20(10-7-13)17(24)26-18(2,3)4/h12-13,19H,5-11H2,1-4H3. The molecule has 0 saturated carbocycles. The lowest BCUT2D eigenvalue weighted by molar-refractivity contribution is 0.0179. The number of amides is 1. The number of rotatable bonds is 5. The Morgan fingerprint density at radius 1 is 1.27 bits per heavy atom. The summed E-state index contributed by atoms with van der Waals surface area (Å²) in [5.74, 6) is -0.173. The second kappa shape index (κ2) is 8.42. The number of aryl methyl sites for hydroxylation is 1. The van der Waals surface area contributed by atoms with Gasteiger partial charge in [0, 0.05) is 25.8 Å². The molecule has 0 unspecified atom stereocenters. The molecule has 1 amide bonds. The smallest absolute Gasteiger partial charge is 0.410 e. The number of aromatic amines is 1. The minimum absolute atomic E-state index is 0.0339. The fourth-order valence-corrected chi connectivity index (χ4v) is 2.97. The van der Waals surface area contributed by atoms with Crippen molar-refractivity contribution in [3.63, 3.8) is 0 Å². The van der Waals surface area contributed by atoms with Gasteiger partial charge in [0.2, 0.25) is 0 Å². The minimum Gasteiger partial charge on any atom is -0.462 e. The fraction of sp³-hybridized carbons (Fsp3) is 0.722. The molecule has 2 rings (SSSR count). The SMILES string of the molecule is CCOC(=O)c1c[nH]n(CCC2CCN(C(=O)OC(C)(C)C)CC2)c1=O. The van der Waals surface area contributed by atoms with Gasteiger partial charge in [-0.15, -0.1) is 0 Å². The van der Waals surface area contributed by atoms with Crippen molar-refractivity contribution in [3.05, 3.63) is 22.1 Å². The molecule has 1 N–H and O–H groups in total. The van der Waals surface area contributed by atoms with E-state index in [0.717, 1.165) is 19.3 Å². The third-order valence-electron chi connectivity index (χ3n) is 4.36. The summed E-state index contributed by atoms with van der Waals surface area (Å²) in [7, 11) is 0. The summed E-state index contributed by atoms with van der Waals surface area (Å²) in [4.78, 5) is 37.7. The molecule has 146 valence electrons. The lowest BCUT2D eigenvalue weighted by atomic mass is 9.94. The van der Waals surface area contributed by atoms with Gasteiger partial charge in [0.05, 0.1) is 6.61 Å². The molecule has 0 atom stereocenters. The Labute approximate surface area is 153 Å². The van der Waals surface area contributed by atoms with E-state index in [4.69, 9.17) is 9.47 Å². The Balaban J connectivity index is 1.81. The number of hydrogen-bond acceptors (Lipinski definition) is 5. The van der Waals surface area contributed by atoms with Crippen LogP contribution in [0.25, 0.3) is 0 Å². The van der Waals surface area contributed by atoms with Crippen molar-refractivity contribution in [3.8, 4) is 0 Å². The normalized spacial score (nSPS) is 15.8. The molecular formula is C18H29N3O5.